The van der Waals surface area contributed by atoms with E-state index in [-0.39, 0.29) is 19.1 Å². The third-order valence-electron chi connectivity index (χ3n) is 4.13. The summed E-state index contributed by atoms with van der Waals surface area (Å²) in [5.74, 6) is -0.901. The van der Waals surface area contributed by atoms with Crippen LogP contribution in [-0.4, -0.2) is 60.8 Å². The molecule has 0 spiro atoms. The molecule has 0 aliphatic carbocycles. The standard InChI is InChI=1S/C20H28N2O6/c1-20(2,3)28-19(25)21-15-10-11-22(17(15)23)16(13-26-4)18(24)27-12-14-8-6-5-7-9-14/h5-9,15-16H,10-13H2,1-4H3,(H,21,25)/t15-,16-/m0/s1. The molecule has 1 fully saturated rings. The summed E-state index contributed by atoms with van der Waals surface area (Å²) in [5, 5.41) is 2.56. The minimum Gasteiger partial charge on any atom is -0.459 e. The molecule has 2 rings (SSSR count). The first-order valence-electron chi connectivity index (χ1n) is 9.21. The minimum absolute atomic E-state index is 0.0124. The predicted octanol–water partition coefficient (Wildman–Crippen LogP) is 1.87. The third-order valence-corrected chi connectivity index (χ3v) is 4.13. The van der Waals surface area contributed by atoms with Crippen LogP contribution in [0.1, 0.15) is 32.8 Å². The zero-order chi connectivity index (χ0) is 20.7. The maximum Gasteiger partial charge on any atom is 0.408 e. The fourth-order valence-electron chi connectivity index (χ4n) is 2.86. The molecule has 1 aliphatic rings. The van der Waals surface area contributed by atoms with Crippen LogP contribution in [0.2, 0.25) is 0 Å². The average Bonchev–Trinajstić information content (AvgIpc) is 2.97. The highest BCUT2D eigenvalue weighted by Crippen LogP contribution is 2.18. The Morgan fingerprint density at radius 3 is 2.54 bits per heavy atom. The number of amides is 2. The van der Waals surface area contributed by atoms with Gasteiger partial charge >= 0.3 is 12.1 Å². The molecule has 1 aliphatic heterocycles. The Morgan fingerprint density at radius 2 is 1.93 bits per heavy atom. The molecule has 1 saturated heterocycles. The lowest BCUT2D eigenvalue weighted by Gasteiger charge is -2.26. The number of nitrogens with zero attached hydrogens (tertiary/aromatic N) is 1. The lowest BCUT2D eigenvalue weighted by Crippen LogP contribution is -2.50. The Hall–Kier alpha value is -2.61. The maximum atomic E-state index is 12.7. The molecule has 2 amide bonds. The van der Waals surface area contributed by atoms with E-state index in [4.69, 9.17) is 14.2 Å². The van der Waals surface area contributed by atoms with Crippen LogP contribution in [0.5, 0.6) is 0 Å². The molecule has 0 radical (unpaired) electrons. The van der Waals surface area contributed by atoms with Gasteiger partial charge in [0.15, 0.2) is 6.04 Å². The average molecular weight is 392 g/mol. The van der Waals surface area contributed by atoms with Gasteiger partial charge in [0.1, 0.15) is 18.2 Å². The monoisotopic (exact) mass is 392 g/mol. The highest BCUT2D eigenvalue weighted by molar-refractivity contribution is 5.91. The lowest BCUT2D eigenvalue weighted by atomic mass is 10.2. The topological polar surface area (TPSA) is 94.2 Å². The second-order valence-electron chi connectivity index (χ2n) is 7.58. The molecule has 154 valence electrons. The number of likely N-dealkylation sites (tertiary alicyclic amines) is 1. The number of esters is 1. The van der Waals surface area contributed by atoms with Crippen molar-refractivity contribution < 1.29 is 28.6 Å². The first-order valence-corrected chi connectivity index (χ1v) is 9.21. The number of hydrogen-bond acceptors (Lipinski definition) is 6. The number of carbonyl (C=O) groups excluding carboxylic acids is 3. The summed E-state index contributed by atoms with van der Waals surface area (Å²) in [6.45, 7) is 5.67. The molecule has 2 atom stereocenters. The van der Waals surface area contributed by atoms with Crippen LogP contribution < -0.4 is 5.32 Å². The lowest BCUT2D eigenvalue weighted by molar-refractivity contribution is -0.157. The molecular formula is C20H28N2O6. The molecule has 8 heteroatoms. The number of rotatable bonds is 7. The van der Waals surface area contributed by atoms with Crippen molar-refractivity contribution in [1.29, 1.82) is 0 Å². The van der Waals surface area contributed by atoms with Crippen molar-refractivity contribution in [1.82, 2.24) is 10.2 Å². The van der Waals surface area contributed by atoms with Gasteiger partial charge in [-0.05, 0) is 32.8 Å². The van der Waals surface area contributed by atoms with Gasteiger partial charge in [-0.1, -0.05) is 30.3 Å². The Labute approximate surface area is 165 Å². The van der Waals surface area contributed by atoms with Gasteiger partial charge in [-0.2, -0.15) is 0 Å². The van der Waals surface area contributed by atoms with E-state index < -0.39 is 29.7 Å². The minimum atomic E-state index is -0.869. The highest BCUT2D eigenvalue weighted by atomic mass is 16.6. The van der Waals surface area contributed by atoms with Crippen molar-refractivity contribution in [3.8, 4) is 0 Å². The molecule has 0 unspecified atom stereocenters. The van der Waals surface area contributed by atoms with Gasteiger partial charge in [0.25, 0.3) is 0 Å². The molecule has 8 nitrogen and oxygen atoms in total. The summed E-state index contributed by atoms with van der Waals surface area (Å²) in [5.41, 5.74) is 0.190. The van der Waals surface area contributed by atoms with Gasteiger partial charge < -0.3 is 24.4 Å². The van der Waals surface area contributed by atoms with E-state index >= 15 is 0 Å². The second-order valence-corrected chi connectivity index (χ2v) is 7.58. The van der Waals surface area contributed by atoms with Crippen molar-refractivity contribution in [3.05, 3.63) is 35.9 Å². The predicted molar refractivity (Wildman–Crippen MR) is 101 cm³/mol. The molecule has 0 saturated carbocycles. The van der Waals surface area contributed by atoms with Gasteiger partial charge in [-0.15, -0.1) is 0 Å². The van der Waals surface area contributed by atoms with Crippen molar-refractivity contribution in [3.63, 3.8) is 0 Å². The van der Waals surface area contributed by atoms with Gasteiger partial charge in [0, 0.05) is 13.7 Å². The summed E-state index contributed by atoms with van der Waals surface area (Å²) >= 11 is 0. The van der Waals surface area contributed by atoms with E-state index in [9.17, 15) is 14.4 Å². The number of hydrogen-bond donors (Lipinski definition) is 1. The number of benzene rings is 1. The smallest absolute Gasteiger partial charge is 0.408 e. The number of ether oxygens (including phenoxy) is 3. The Kier molecular flexibility index (Phi) is 7.39. The zero-order valence-corrected chi connectivity index (χ0v) is 16.8. The summed E-state index contributed by atoms with van der Waals surface area (Å²) in [6, 6.07) is 7.67. The Morgan fingerprint density at radius 1 is 1.25 bits per heavy atom. The fraction of sp³-hybridized carbons (Fsp3) is 0.550. The normalized spacial score (nSPS) is 17.9. The summed E-state index contributed by atoms with van der Waals surface area (Å²) in [6.07, 6.45) is -0.285. The number of methoxy groups -OCH3 is 1. The molecule has 1 aromatic carbocycles. The van der Waals surface area contributed by atoms with Crippen molar-refractivity contribution >= 4 is 18.0 Å². The van der Waals surface area contributed by atoms with Gasteiger partial charge in [-0.3, -0.25) is 4.79 Å². The van der Waals surface area contributed by atoms with Crippen LogP contribution in [0.4, 0.5) is 4.79 Å². The van der Waals surface area contributed by atoms with Gasteiger partial charge in [-0.25, -0.2) is 9.59 Å². The molecule has 1 heterocycles. The van der Waals surface area contributed by atoms with Crippen LogP contribution in [-0.2, 0) is 30.4 Å². The number of carbonyl (C=O) groups is 3. The van der Waals surface area contributed by atoms with E-state index in [1.54, 1.807) is 20.8 Å². The molecular weight excluding hydrogens is 364 g/mol. The van der Waals surface area contributed by atoms with E-state index in [0.29, 0.717) is 13.0 Å². The molecule has 0 bridgehead atoms. The zero-order valence-electron chi connectivity index (χ0n) is 16.8. The fourth-order valence-corrected chi connectivity index (χ4v) is 2.86. The SMILES string of the molecule is COC[C@@H](C(=O)OCc1ccccc1)N1CC[C@H](NC(=O)OC(C)(C)C)C1=O. The van der Waals surface area contributed by atoms with E-state index in [0.717, 1.165) is 5.56 Å². The van der Waals surface area contributed by atoms with Gasteiger partial charge in [0.05, 0.1) is 6.61 Å². The first kappa shape index (κ1) is 21.7. The summed E-state index contributed by atoms with van der Waals surface area (Å²) in [7, 11) is 1.45. The second kappa shape index (κ2) is 9.54. The molecule has 1 N–H and O–H groups in total. The van der Waals surface area contributed by atoms with Crippen LogP contribution in [0.3, 0.4) is 0 Å². The van der Waals surface area contributed by atoms with Crippen molar-refractivity contribution in [2.75, 3.05) is 20.3 Å². The van der Waals surface area contributed by atoms with E-state index in [1.165, 1.54) is 12.0 Å². The first-order chi connectivity index (χ1) is 13.2. The van der Waals surface area contributed by atoms with Crippen LogP contribution in [0.15, 0.2) is 30.3 Å². The van der Waals surface area contributed by atoms with E-state index in [1.807, 2.05) is 30.3 Å². The molecule has 0 aromatic heterocycles. The quantitative estimate of drug-likeness (QED) is 0.712. The van der Waals surface area contributed by atoms with Crippen LogP contribution in [0, 0.1) is 0 Å². The Balaban J connectivity index is 1.96. The summed E-state index contributed by atoms with van der Waals surface area (Å²) < 4.78 is 15.7. The van der Waals surface area contributed by atoms with Gasteiger partial charge in [0.2, 0.25) is 5.91 Å². The van der Waals surface area contributed by atoms with Crippen LogP contribution in [0.25, 0.3) is 0 Å². The highest BCUT2D eigenvalue weighted by Gasteiger charge is 2.40. The van der Waals surface area contributed by atoms with Crippen LogP contribution >= 0.6 is 0 Å². The largest absolute Gasteiger partial charge is 0.459 e. The van der Waals surface area contributed by atoms with Crippen molar-refractivity contribution in [2.24, 2.45) is 0 Å². The Bertz CT molecular complexity index is 686. The van der Waals surface area contributed by atoms with Crippen molar-refractivity contribution in [2.45, 2.75) is 51.5 Å². The molecule has 28 heavy (non-hydrogen) atoms. The summed E-state index contributed by atoms with van der Waals surface area (Å²) in [4.78, 5) is 38.6. The number of alkyl carbamates (subject to hydrolysis) is 1. The third kappa shape index (κ3) is 6.23. The number of nitrogens with one attached hydrogen (secondary N) is 1. The van der Waals surface area contributed by atoms with E-state index in [2.05, 4.69) is 5.32 Å². The molecule has 1 aromatic rings. The maximum absolute atomic E-state index is 12.7.